The van der Waals surface area contributed by atoms with Crippen molar-refractivity contribution in [3.63, 3.8) is 0 Å². The number of rotatable bonds is 5. The molecule has 6 aromatic heterocycles. The number of anilines is 2. The van der Waals surface area contributed by atoms with Crippen LogP contribution in [0.5, 0.6) is 0 Å². The molecule has 2 fully saturated rings. The molecule has 0 unspecified atom stereocenters. The van der Waals surface area contributed by atoms with E-state index in [1.807, 2.05) is 88.8 Å². The maximum Gasteiger partial charge on any atom is 0.341 e. The topological polar surface area (TPSA) is 148 Å². The highest BCUT2D eigenvalue weighted by Gasteiger charge is 2.28. The van der Waals surface area contributed by atoms with E-state index in [2.05, 4.69) is 60.7 Å². The molecule has 10 rings (SSSR count). The molecule has 4 atom stereocenters. The maximum atomic E-state index is 12.9. The number of imidazole rings is 2. The molecule has 8 aromatic rings. The number of nitrogens with one attached hydrogen (secondary N) is 1. The first-order valence-corrected chi connectivity index (χ1v) is 21.5. The average Bonchev–Trinajstić information content (AvgIpc) is 3.85. The molecule has 1 amide bonds. The lowest BCUT2D eigenvalue weighted by Crippen LogP contribution is -2.38. The monoisotopic (exact) mass is 820 g/mol. The Morgan fingerprint density at radius 1 is 0.656 bits per heavy atom. The molecule has 2 saturated heterocycles. The second-order valence-electron chi connectivity index (χ2n) is 16.8. The van der Waals surface area contributed by atoms with Crippen LogP contribution in [0.15, 0.2) is 85.2 Å². The molecule has 0 saturated carbocycles. The Morgan fingerprint density at radius 2 is 1.08 bits per heavy atom. The number of hydrogen-bond donors (Lipinski definition) is 2. The number of para-hydroxylation sites is 4. The number of carbonyl (C=O) groups excluding carboxylic acids is 2. The first kappa shape index (κ1) is 41.4. The van der Waals surface area contributed by atoms with Gasteiger partial charge in [-0.25, -0.2) is 24.7 Å². The van der Waals surface area contributed by atoms with Crippen molar-refractivity contribution in [1.82, 2.24) is 34.1 Å². The number of esters is 1. The largest absolute Gasteiger partial charge is 0.462 e. The van der Waals surface area contributed by atoms with Gasteiger partial charge in [0.2, 0.25) is 0 Å². The molecule has 2 aliphatic rings. The van der Waals surface area contributed by atoms with Crippen LogP contribution in [0.4, 0.5) is 11.4 Å². The van der Waals surface area contributed by atoms with E-state index in [0.717, 1.165) is 81.7 Å². The number of amides is 1. The normalized spacial score (nSPS) is 19.2. The van der Waals surface area contributed by atoms with Crippen molar-refractivity contribution in [3.8, 4) is 0 Å². The summed E-state index contributed by atoms with van der Waals surface area (Å²) in [5.41, 5.74) is 14.3. The number of piperidine rings is 2. The summed E-state index contributed by atoms with van der Waals surface area (Å²) in [4.78, 5) is 49.4. The highest BCUT2D eigenvalue weighted by Crippen LogP contribution is 2.36. The summed E-state index contributed by atoms with van der Waals surface area (Å²) in [6.07, 6.45) is 6.22. The number of pyridine rings is 4. The summed E-state index contributed by atoms with van der Waals surface area (Å²) >= 11 is 0. The molecule has 316 valence electrons. The zero-order chi connectivity index (χ0) is 42.9. The highest BCUT2D eigenvalue weighted by atomic mass is 16.5. The van der Waals surface area contributed by atoms with Gasteiger partial charge >= 0.3 is 5.97 Å². The molecule has 61 heavy (non-hydrogen) atoms. The Kier molecular flexibility index (Phi) is 11.8. The molecule has 13 nitrogen and oxygen atoms in total. The van der Waals surface area contributed by atoms with Gasteiger partial charge in [-0.05, 0) is 99.0 Å². The minimum atomic E-state index is -0.352. The minimum Gasteiger partial charge on any atom is -0.462 e. The van der Waals surface area contributed by atoms with Crippen LogP contribution >= 0.6 is 0 Å². The minimum absolute atomic E-state index is 0.137. The molecule has 0 radical (unpaired) electrons. The Labute approximate surface area is 355 Å². The van der Waals surface area contributed by atoms with E-state index in [4.69, 9.17) is 24.7 Å². The van der Waals surface area contributed by atoms with Crippen molar-refractivity contribution >= 4 is 78.7 Å². The van der Waals surface area contributed by atoms with Crippen LogP contribution in [0.25, 0.3) is 55.4 Å². The highest BCUT2D eigenvalue weighted by molar-refractivity contribution is 6.08. The summed E-state index contributed by atoms with van der Waals surface area (Å²) in [6, 6.07) is 23.9. The molecular formula is C48H56N10O3. The molecule has 0 bridgehead atoms. The van der Waals surface area contributed by atoms with Gasteiger partial charge in [-0.15, -0.1) is 0 Å². The summed E-state index contributed by atoms with van der Waals surface area (Å²) < 4.78 is 9.39. The van der Waals surface area contributed by atoms with Crippen LogP contribution in [0, 0.1) is 23.7 Å². The Morgan fingerprint density at radius 3 is 1.52 bits per heavy atom. The number of nitrogens with zero attached hydrogens (tertiary/aromatic N) is 8. The molecule has 3 N–H and O–H groups in total. The third-order valence-corrected chi connectivity index (χ3v) is 11.9. The molecule has 0 spiro atoms. The van der Waals surface area contributed by atoms with Crippen molar-refractivity contribution in [2.45, 2.75) is 47.5 Å². The Bertz CT molecular complexity index is 2880. The predicted molar refractivity (Wildman–Crippen MR) is 246 cm³/mol. The van der Waals surface area contributed by atoms with E-state index < -0.39 is 0 Å². The third-order valence-electron chi connectivity index (χ3n) is 11.9. The number of carbonyl (C=O) groups is 2. The quantitative estimate of drug-likeness (QED) is 0.163. The van der Waals surface area contributed by atoms with Gasteiger partial charge < -0.3 is 25.6 Å². The summed E-state index contributed by atoms with van der Waals surface area (Å²) in [5, 5.41) is 4.71. The lowest BCUT2D eigenvalue weighted by molar-refractivity contribution is 0.0528. The van der Waals surface area contributed by atoms with Gasteiger partial charge in [0.1, 0.15) is 16.9 Å². The van der Waals surface area contributed by atoms with Crippen molar-refractivity contribution in [3.05, 3.63) is 96.3 Å². The fourth-order valence-electron chi connectivity index (χ4n) is 9.73. The summed E-state index contributed by atoms with van der Waals surface area (Å²) in [5.74, 6) is 2.03. The smallest absolute Gasteiger partial charge is 0.341 e. The predicted octanol–water partition coefficient (Wildman–Crippen LogP) is 8.15. The average molecular weight is 821 g/mol. The SMILES string of the molecule is CCOC(=O)c1cc2c(N3C[C@H](C)C[C@H](C)C3)ccnc2n2c1nc1ccccc12.CN.CNC(=O)c1cc2c(N3C[C@H](C)C[C@H](C)C3)ccnc2n2c1nc1ccccc12. The molecule has 2 aliphatic heterocycles. The van der Waals surface area contributed by atoms with Gasteiger partial charge in [-0.1, -0.05) is 52.0 Å². The van der Waals surface area contributed by atoms with E-state index >= 15 is 0 Å². The van der Waals surface area contributed by atoms with Crippen LogP contribution in [0.2, 0.25) is 0 Å². The summed E-state index contributed by atoms with van der Waals surface area (Å²) in [6.45, 7) is 15.4. The van der Waals surface area contributed by atoms with Crippen LogP contribution in [-0.4, -0.2) is 87.5 Å². The Balaban J connectivity index is 0.000000162. The maximum absolute atomic E-state index is 12.9. The van der Waals surface area contributed by atoms with Crippen LogP contribution in [-0.2, 0) is 4.74 Å². The van der Waals surface area contributed by atoms with E-state index in [1.165, 1.54) is 19.9 Å². The van der Waals surface area contributed by atoms with Gasteiger partial charge in [-0.2, -0.15) is 0 Å². The fourth-order valence-corrected chi connectivity index (χ4v) is 9.73. The zero-order valence-electron chi connectivity index (χ0n) is 36.2. The lowest BCUT2D eigenvalue weighted by atomic mass is 9.91. The number of ether oxygens (including phenoxy) is 1. The van der Waals surface area contributed by atoms with E-state index in [-0.39, 0.29) is 11.9 Å². The molecule has 8 heterocycles. The van der Waals surface area contributed by atoms with Gasteiger partial charge in [0.25, 0.3) is 5.91 Å². The number of aromatic nitrogens is 6. The lowest BCUT2D eigenvalue weighted by Gasteiger charge is -2.37. The van der Waals surface area contributed by atoms with Crippen LogP contribution < -0.4 is 20.9 Å². The first-order chi connectivity index (χ1) is 29.6. The van der Waals surface area contributed by atoms with Crippen molar-refractivity contribution in [2.75, 3.05) is 56.7 Å². The molecule has 2 aromatic carbocycles. The Hall–Kier alpha value is -6.34. The van der Waals surface area contributed by atoms with Gasteiger partial charge in [0.15, 0.2) is 11.3 Å². The van der Waals surface area contributed by atoms with Gasteiger partial charge in [0, 0.05) is 67.8 Å². The molecule has 13 heteroatoms. The van der Waals surface area contributed by atoms with Crippen molar-refractivity contribution in [1.29, 1.82) is 0 Å². The van der Waals surface area contributed by atoms with Crippen molar-refractivity contribution in [2.24, 2.45) is 29.4 Å². The zero-order valence-corrected chi connectivity index (χ0v) is 36.2. The summed E-state index contributed by atoms with van der Waals surface area (Å²) in [7, 11) is 3.16. The third kappa shape index (κ3) is 7.67. The second-order valence-corrected chi connectivity index (χ2v) is 16.8. The number of nitrogens with two attached hydrogens (primary N) is 1. The van der Waals surface area contributed by atoms with Gasteiger partial charge in [0.05, 0.1) is 34.2 Å². The standard InChI is InChI=1S/C24H26N4O2.C23H25N5O.CH5N/c1-4-30-24(29)18-12-17-20(27-13-15(2)11-16(3)14-27)9-10-25-22(17)28-21-8-6-5-7-19(21)26-23(18)28;1-14-10-15(2)13-27(12-14)19-8-9-25-21-16(19)11-17(23(29)24-3)22-26-18-6-4-5-7-20(18)28(21)22;1-2/h5-10,12,15-16H,4,11,13-14H2,1-3H3;4-9,11,14-15H,10,12-13H2,1-3H3,(H,24,29);2H2,1H3/t15-,16+;14-,15+;. The number of benzene rings is 2. The first-order valence-electron chi connectivity index (χ1n) is 21.5. The molecular weight excluding hydrogens is 765 g/mol. The van der Waals surface area contributed by atoms with Crippen LogP contribution in [0.3, 0.4) is 0 Å². The number of hydrogen-bond acceptors (Lipinski definition) is 10. The van der Waals surface area contributed by atoms with Crippen LogP contribution in [0.1, 0.15) is 68.2 Å². The van der Waals surface area contributed by atoms with E-state index in [9.17, 15) is 9.59 Å². The van der Waals surface area contributed by atoms with Gasteiger partial charge in [-0.3, -0.25) is 13.6 Å². The fraction of sp³-hybridized carbons (Fsp3) is 0.375. The number of fused-ring (bicyclic) bond motifs is 10. The second kappa shape index (κ2) is 17.3. The van der Waals surface area contributed by atoms with Crippen molar-refractivity contribution < 1.29 is 14.3 Å². The molecule has 0 aliphatic carbocycles. The van der Waals surface area contributed by atoms with E-state index in [1.54, 1.807) is 7.05 Å². The van der Waals surface area contributed by atoms with E-state index in [0.29, 0.717) is 52.7 Å².